The number of rotatable bonds is 64. The van der Waals surface area contributed by atoms with Gasteiger partial charge in [-0.15, -0.1) is 0 Å². The summed E-state index contributed by atoms with van der Waals surface area (Å²) in [6, 6.07) is -1.20. The molecular formula is C74H139NO10. The first-order chi connectivity index (χ1) is 41.7. The number of aliphatic hydroxyl groups is 7. The van der Waals surface area contributed by atoms with Crippen molar-refractivity contribution < 1.29 is 50.0 Å². The van der Waals surface area contributed by atoms with Gasteiger partial charge in [-0.1, -0.05) is 306 Å². The minimum absolute atomic E-state index is 0.241. The number of ether oxygens (including phenoxy) is 2. The molecule has 1 aliphatic heterocycles. The molecule has 0 bridgehead atoms. The maximum absolute atomic E-state index is 13.3. The molecule has 500 valence electrons. The molecule has 0 radical (unpaired) electrons. The Hall–Kier alpha value is -1.93. The highest BCUT2D eigenvalue weighted by Crippen LogP contribution is 2.24. The molecule has 1 amide bonds. The monoisotopic (exact) mass is 1200 g/mol. The van der Waals surface area contributed by atoms with Gasteiger partial charge in [-0.25, -0.2) is 0 Å². The van der Waals surface area contributed by atoms with E-state index in [1.54, 1.807) is 0 Å². The maximum atomic E-state index is 13.3. The van der Waals surface area contributed by atoms with E-state index < -0.39 is 74.2 Å². The Bertz CT molecular complexity index is 1520. The third kappa shape index (κ3) is 49.5. The quantitative estimate of drug-likeness (QED) is 0.0215. The molecule has 9 unspecified atom stereocenters. The second-order valence-corrected chi connectivity index (χ2v) is 25.6. The molecular weight excluding hydrogens is 1060 g/mol. The second-order valence-electron chi connectivity index (χ2n) is 25.6. The standard InChI is InChI=1S/C74H139NO10/c1-3-5-7-9-11-13-15-17-19-21-23-25-27-28-29-30-31-32-33-34-35-36-37-38-39-40-42-44-46-48-50-52-54-56-58-60-62-67(78)73(83)75-65(64-84-74-72(82)71(81)70(80)68(63-76)85-74)69(79)66(77)61-59-57-55-53-51-49-47-45-43-41-26-24-22-20-18-16-14-12-10-8-6-4-2/h24,26,32-33,45,47,53,55,65-72,74,76-82H,3-23,25,27-31,34-44,46,48-52,54,56-64H2,1-2H3,(H,75,83)/b26-24+,33-32-,47-45+,55-53+. The summed E-state index contributed by atoms with van der Waals surface area (Å²) >= 11 is 0. The molecule has 0 aromatic rings. The van der Waals surface area contributed by atoms with E-state index in [0.29, 0.717) is 19.3 Å². The highest BCUT2D eigenvalue weighted by molar-refractivity contribution is 5.80. The number of amides is 1. The molecule has 1 fully saturated rings. The van der Waals surface area contributed by atoms with Crippen LogP contribution in [0.25, 0.3) is 0 Å². The fourth-order valence-electron chi connectivity index (χ4n) is 11.7. The normalized spacial score (nSPS) is 19.1. The van der Waals surface area contributed by atoms with Crippen LogP contribution < -0.4 is 5.32 Å². The molecule has 11 heteroatoms. The number of nitrogens with one attached hydrogen (secondary N) is 1. The van der Waals surface area contributed by atoms with Crippen LogP contribution in [0.2, 0.25) is 0 Å². The number of carbonyl (C=O) groups excluding carboxylic acids is 1. The molecule has 1 aliphatic rings. The van der Waals surface area contributed by atoms with Gasteiger partial charge in [-0.3, -0.25) is 4.79 Å². The van der Waals surface area contributed by atoms with E-state index in [-0.39, 0.29) is 12.8 Å². The van der Waals surface area contributed by atoms with E-state index in [9.17, 15) is 40.5 Å². The summed E-state index contributed by atoms with van der Waals surface area (Å²) in [5.74, 6) is -0.708. The molecule has 1 heterocycles. The number of unbranched alkanes of at least 4 members (excludes halogenated alkanes) is 44. The van der Waals surface area contributed by atoms with Gasteiger partial charge in [-0.2, -0.15) is 0 Å². The van der Waals surface area contributed by atoms with Gasteiger partial charge in [0.05, 0.1) is 25.4 Å². The van der Waals surface area contributed by atoms with Crippen molar-refractivity contribution in [3.8, 4) is 0 Å². The second kappa shape index (κ2) is 62.3. The van der Waals surface area contributed by atoms with Crippen LogP contribution in [0.15, 0.2) is 48.6 Å². The summed E-state index contributed by atoms with van der Waals surface area (Å²) in [5.41, 5.74) is 0. The van der Waals surface area contributed by atoms with Gasteiger partial charge < -0.3 is 50.5 Å². The van der Waals surface area contributed by atoms with Crippen LogP contribution in [-0.4, -0.2) is 110 Å². The van der Waals surface area contributed by atoms with Crippen LogP contribution >= 0.6 is 0 Å². The topological polar surface area (TPSA) is 189 Å². The van der Waals surface area contributed by atoms with Crippen LogP contribution in [0.1, 0.15) is 348 Å². The Morgan fingerprint density at radius 3 is 1.05 bits per heavy atom. The van der Waals surface area contributed by atoms with Gasteiger partial charge in [0.25, 0.3) is 0 Å². The Kier molecular flexibility index (Phi) is 59.4. The highest BCUT2D eigenvalue weighted by Gasteiger charge is 2.44. The van der Waals surface area contributed by atoms with E-state index in [2.05, 4.69) is 67.8 Å². The predicted octanol–water partition coefficient (Wildman–Crippen LogP) is 17.9. The summed E-state index contributed by atoms with van der Waals surface area (Å²) in [7, 11) is 0. The van der Waals surface area contributed by atoms with Crippen molar-refractivity contribution in [1.82, 2.24) is 5.32 Å². The number of aliphatic hydroxyl groups excluding tert-OH is 7. The smallest absolute Gasteiger partial charge is 0.249 e. The molecule has 9 atom stereocenters. The first-order valence-electron chi connectivity index (χ1n) is 36.5. The van der Waals surface area contributed by atoms with Crippen LogP contribution in [0.4, 0.5) is 0 Å². The highest BCUT2D eigenvalue weighted by atomic mass is 16.7. The van der Waals surface area contributed by atoms with Crippen LogP contribution in [0, 0.1) is 0 Å². The number of allylic oxidation sites excluding steroid dienone is 8. The molecule has 1 rings (SSSR count). The molecule has 85 heavy (non-hydrogen) atoms. The van der Waals surface area contributed by atoms with E-state index in [1.165, 1.54) is 257 Å². The lowest BCUT2D eigenvalue weighted by Crippen LogP contribution is -2.60. The zero-order valence-electron chi connectivity index (χ0n) is 55.4. The Morgan fingerprint density at radius 1 is 0.400 bits per heavy atom. The SMILES string of the molecule is CCCCCCCCCCC/C=C/CC/C=C/CC/C=C/CCCC(O)C(O)C(COC1OC(CO)C(O)C(O)C1O)NC(=O)C(O)CCCCCCCCCCCCCCCCCC/C=C\CCCCCCCCCCCCCCCCCC. The van der Waals surface area contributed by atoms with E-state index >= 15 is 0 Å². The van der Waals surface area contributed by atoms with Gasteiger partial charge in [0.2, 0.25) is 5.91 Å². The molecule has 0 aromatic heterocycles. The summed E-state index contributed by atoms with van der Waals surface area (Å²) < 4.78 is 11.2. The Morgan fingerprint density at radius 2 is 0.706 bits per heavy atom. The molecule has 11 nitrogen and oxygen atoms in total. The van der Waals surface area contributed by atoms with Crippen molar-refractivity contribution in [3.63, 3.8) is 0 Å². The summed E-state index contributed by atoms with van der Waals surface area (Å²) in [5, 5.41) is 76.5. The summed E-state index contributed by atoms with van der Waals surface area (Å²) in [6.07, 6.45) is 70.7. The van der Waals surface area contributed by atoms with Crippen LogP contribution in [0.3, 0.4) is 0 Å². The van der Waals surface area contributed by atoms with Crippen molar-refractivity contribution in [3.05, 3.63) is 48.6 Å². The van der Waals surface area contributed by atoms with Crippen molar-refractivity contribution >= 4 is 5.91 Å². The molecule has 0 spiro atoms. The third-order valence-corrected chi connectivity index (χ3v) is 17.6. The van der Waals surface area contributed by atoms with Gasteiger partial charge in [0, 0.05) is 0 Å². The minimum atomic E-state index is -1.67. The van der Waals surface area contributed by atoms with Crippen molar-refractivity contribution in [2.45, 2.75) is 403 Å². The number of hydrogen-bond acceptors (Lipinski definition) is 10. The molecule has 0 aliphatic carbocycles. The van der Waals surface area contributed by atoms with Crippen molar-refractivity contribution in [1.29, 1.82) is 0 Å². The van der Waals surface area contributed by atoms with Crippen molar-refractivity contribution in [2.24, 2.45) is 0 Å². The Balaban J connectivity index is 2.17. The lowest BCUT2D eigenvalue weighted by atomic mass is 9.98. The zero-order chi connectivity index (χ0) is 61.7. The van der Waals surface area contributed by atoms with Gasteiger partial charge in [0.1, 0.15) is 36.6 Å². The zero-order valence-corrected chi connectivity index (χ0v) is 55.4. The van der Waals surface area contributed by atoms with E-state index in [1.807, 2.05) is 0 Å². The lowest BCUT2D eigenvalue weighted by Gasteiger charge is -2.40. The van der Waals surface area contributed by atoms with E-state index in [0.717, 1.165) is 44.9 Å². The molecule has 1 saturated heterocycles. The maximum Gasteiger partial charge on any atom is 0.249 e. The molecule has 0 saturated carbocycles. The van der Waals surface area contributed by atoms with Gasteiger partial charge in [0.15, 0.2) is 6.29 Å². The minimum Gasteiger partial charge on any atom is -0.394 e. The lowest BCUT2D eigenvalue weighted by molar-refractivity contribution is -0.303. The fraction of sp³-hybridized carbons (Fsp3) is 0.878. The largest absolute Gasteiger partial charge is 0.394 e. The first kappa shape index (κ1) is 81.1. The third-order valence-electron chi connectivity index (χ3n) is 17.6. The van der Waals surface area contributed by atoms with Gasteiger partial charge in [-0.05, 0) is 89.9 Å². The average Bonchev–Trinajstić information content (AvgIpc) is 3.51. The summed E-state index contributed by atoms with van der Waals surface area (Å²) in [6.45, 7) is 3.48. The number of hydrogen-bond donors (Lipinski definition) is 8. The fourth-order valence-corrected chi connectivity index (χ4v) is 11.7. The average molecular weight is 1200 g/mol. The van der Waals surface area contributed by atoms with Crippen molar-refractivity contribution in [2.75, 3.05) is 13.2 Å². The van der Waals surface area contributed by atoms with Gasteiger partial charge >= 0.3 is 0 Å². The van der Waals surface area contributed by atoms with Crippen LogP contribution in [0.5, 0.6) is 0 Å². The predicted molar refractivity (Wildman–Crippen MR) is 358 cm³/mol. The van der Waals surface area contributed by atoms with Crippen LogP contribution in [-0.2, 0) is 14.3 Å². The molecule has 8 N–H and O–H groups in total. The number of carbonyl (C=O) groups is 1. The molecule has 0 aromatic carbocycles. The summed E-state index contributed by atoms with van der Waals surface area (Å²) in [4.78, 5) is 13.3. The Labute approximate surface area is 523 Å². The van der Waals surface area contributed by atoms with E-state index in [4.69, 9.17) is 9.47 Å². The first-order valence-corrected chi connectivity index (χ1v) is 36.5.